The third kappa shape index (κ3) is 6.75. The number of carbonyl (C=O) groups is 1. The van der Waals surface area contributed by atoms with Crippen molar-refractivity contribution in [2.24, 2.45) is 0 Å². The molecule has 3 aromatic carbocycles. The van der Waals surface area contributed by atoms with Gasteiger partial charge in [-0.15, -0.1) is 0 Å². The predicted octanol–water partition coefficient (Wildman–Crippen LogP) is 3.83. The molecule has 1 amide bonds. The summed E-state index contributed by atoms with van der Waals surface area (Å²) in [5.74, 6) is -1.68. The maximum Gasteiger partial charge on any atom is 0.303 e. The smallest absolute Gasteiger partial charge is 0.303 e. The zero-order chi connectivity index (χ0) is 31.3. The van der Waals surface area contributed by atoms with Crippen LogP contribution in [0.25, 0.3) is 10.9 Å². The van der Waals surface area contributed by atoms with Crippen LogP contribution in [0.3, 0.4) is 0 Å². The molecule has 0 radical (unpaired) electrons. The fourth-order valence-corrected chi connectivity index (χ4v) is 6.00. The van der Waals surface area contributed by atoms with Crippen molar-refractivity contribution in [3.63, 3.8) is 0 Å². The SMILES string of the molecule is CNC(=O)c1cc(F)ccc1CN(C)S(=O)(=O)N(C)c1c(CNCc2ccc(F)cc2)c(COC)c(O)c2ncccc12. The van der Waals surface area contributed by atoms with Gasteiger partial charge in [-0.2, -0.15) is 12.7 Å². The Kier molecular flexibility index (Phi) is 9.91. The largest absolute Gasteiger partial charge is 0.505 e. The molecule has 13 heteroatoms. The van der Waals surface area contributed by atoms with Crippen LogP contribution in [0, 0.1) is 11.6 Å². The van der Waals surface area contributed by atoms with Crippen molar-refractivity contribution in [2.45, 2.75) is 26.2 Å². The lowest BCUT2D eigenvalue weighted by molar-refractivity contribution is 0.0961. The number of benzene rings is 3. The number of rotatable bonds is 12. The van der Waals surface area contributed by atoms with Crippen molar-refractivity contribution in [2.75, 3.05) is 32.6 Å². The molecule has 1 heterocycles. The van der Waals surface area contributed by atoms with E-state index in [1.54, 1.807) is 24.3 Å². The lowest BCUT2D eigenvalue weighted by Gasteiger charge is -2.30. The highest BCUT2D eigenvalue weighted by atomic mass is 32.2. The van der Waals surface area contributed by atoms with Crippen molar-refractivity contribution in [3.8, 4) is 5.75 Å². The van der Waals surface area contributed by atoms with Gasteiger partial charge in [-0.3, -0.25) is 14.1 Å². The Morgan fingerprint density at radius 3 is 2.40 bits per heavy atom. The zero-order valence-electron chi connectivity index (χ0n) is 24.2. The number of aromatic hydroxyl groups is 1. The first-order valence-electron chi connectivity index (χ1n) is 13.3. The topological polar surface area (TPSA) is 124 Å². The maximum atomic E-state index is 14.0. The van der Waals surface area contributed by atoms with E-state index in [2.05, 4.69) is 15.6 Å². The number of amides is 1. The molecule has 0 bridgehead atoms. The normalized spacial score (nSPS) is 11.7. The highest BCUT2D eigenvalue weighted by Crippen LogP contribution is 2.41. The number of ether oxygens (including phenoxy) is 1. The van der Waals surface area contributed by atoms with Crippen LogP contribution in [0.1, 0.15) is 32.6 Å². The molecule has 0 aliphatic heterocycles. The Labute approximate surface area is 249 Å². The molecule has 0 aliphatic carbocycles. The van der Waals surface area contributed by atoms with E-state index in [1.165, 1.54) is 52.6 Å². The van der Waals surface area contributed by atoms with E-state index in [9.17, 15) is 27.1 Å². The lowest BCUT2D eigenvalue weighted by atomic mass is 9.99. The molecular weight excluding hydrogens is 580 g/mol. The van der Waals surface area contributed by atoms with Crippen molar-refractivity contribution < 1.29 is 31.8 Å². The molecule has 0 aliphatic rings. The van der Waals surface area contributed by atoms with E-state index in [0.717, 1.165) is 26.3 Å². The van der Waals surface area contributed by atoms with Gasteiger partial charge in [-0.1, -0.05) is 18.2 Å². The van der Waals surface area contributed by atoms with Crippen LogP contribution in [0.4, 0.5) is 14.5 Å². The maximum absolute atomic E-state index is 14.0. The summed E-state index contributed by atoms with van der Waals surface area (Å²) in [4.78, 5) is 16.7. The number of aromatic nitrogens is 1. The quantitative estimate of drug-likeness (QED) is 0.222. The van der Waals surface area contributed by atoms with E-state index in [0.29, 0.717) is 28.6 Å². The fraction of sp³-hybridized carbons (Fsp3) is 0.267. The van der Waals surface area contributed by atoms with Crippen molar-refractivity contribution in [1.29, 1.82) is 0 Å². The number of nitrogens with zero attached hydrogens (tertiary/aromatic N) is 3. The second-order valence-electron chi connectivity index (χ2n) is 9.83. The minimum absolute atomic E-state index is 0.0135. The van der Waals surface area contributed by atoms with Gasteiger partial charge < -0.3 is 20.5 Å². The Morgan fingerprint density at radius 2 is 1.72 bits per heavy atom. The molecular formula is C30H33F2N5O5S. The number of hydrogen-bond acceptors (Lipinski definition) is 7. The molecule has 0 fully saturated rings. The van der Waals surface area contributed by atoms with Gasteiger partial charge in [0.15, 0.2) is 0 Å². The number of phenolic OH excluding ortho intramolecular Hbond substituents is 1. The Hall–Kier alpha value is -4.17. The summed E-state index contributed by atoms with van der Waals surface area (Å²) in [6, 6.07) is 12.8. The summed E-state index contributed by atoms with van der Waals surface area (Å²) in [5, 5.41) is 17.3. The molecule has 228 valence electrons. The summed E-state index contributed by atoms with van der Waals surface area (Å²) in [7, 11) is 1.33. The third-order valence-electron chi connectivity index (χ3n) is 7.05. The average Bonchev–Trinajstić information content (AvgIpc) is 3.00. The molecule has 0 saturated carbocycles. The van der Waals surface area contributed by atoms with Gasteiger partial charge in [0.2, 0.25) is 0 Å². The van der Waals surface area contributed by atoms with Gasteiger partial charge in [0.25, 0.3) is 5.91 Å². The number of anilines is 1. The molecule has 3 N–H and O–H groups in total. The summed E-state index contributed by atoms with van der Waals surface area (Å²) < 4.78 is 62.9. The van der Waals surface area contributed by atoms with Gasteiger partial charge in [0.1, 0.15) is 22.9 Å². The average molecular weight is 614 g/mol. The zero-order valence-corrected chi connectivity index (χ0v) is 25.0. The molecule has 4 aromatic rings. The Balaban J connectivity index is 1.78. The number of nitrogens with one attached hydrogen (secondary N) is 2. The van der Waals surface area contributed by atoms with Gasteiger partial charge in [-0.05, 0) is 47.5 Å². The van der Waals surface area contributed by atoms with Crippen LogP contribution in [0.2, 0.25) is 0 Å². The van der Waals surface area contributed by atoms with Gasteiger partial charge in [0, 0.05) is 76.2 Å². The van der Waals surface area contributed by atoms with E-state index in [-0.39, 0.29) is 48.0 Å². The number of pyridine rings is 1. The molecule has 0 unspecified atom stereocenters. The van der Waals surface area contributed by atoms with Gasteiger partial charge in [0.05, 0.1) is 12.3 Å². The molecule has 0 spiro atoms. The number of phenols is 1. The van der Waals surface area contributed by atoms with Gasteiger partial charge >= 0.3 is 10.2 Å². The lowest BCUT2D eigenvalue weighted by Crippen LogP contribution is -2.40. The van der Waals surface area contributed by atoms with Crippen LogP contribution in [-0.4, -0.2) is 57.0 Å². The van der Waals surface area contributed by atoms with Crippen LogP contribution in [-0.2, 0) is 41.2 Å². The number of methoxy groups -OCH3 is 1. The third-order valence-corrected chi connectivity index (χ3v) is 8.84. The van der Waals surface area contributed by atoms with Crippen LogP contribution >= 0.6 is 0 Å². The molecule has 10 nitrogen and oxygen atoms in total. The summed E-state index contributed by atoms with van der Waals surface area (Å²) in [5.41, 5.74) is 2.37. The number of halogens is 2. The molecule has 43 heavy (non-hydrogen) atoms. The minimum Gasteiger partial charge on any atom is -0.505 e. The summed E-state index contributed by atoms with van der Waals surface area (Å²) >= 11 is 0. The monoisotopic (exact) mass is 613 g/mol. The van der Waals surface area contributed by atoms with E-state index in [4.69, 9.17) is 4.74 Å². The van der Waals surface area contributed by atoms with Crippen LogP contribution in [0.5, 0.6) is 5.75 Å². The molecule has 0 atom stereocenters. The summed E-state index contributed by atoms with van der Waals surface area (Å²) in [6.45, 7) is 0.189. The summed E-state index contributed by atoms with van der Waals surface area (Å²) in [6.07, 6.45) is 1.49. The van der Waals surface area contributed by atoms with E-state index >= 15 is 0 Å². The first-order valence-corrected chi connectivity index (χ1v) is 14.7. The highest BCUT2D eigenvalue weighted by molar-refractivity contribution is 7.90. The van der Waals surface area contributed by atoms with Crippen molar-refractivity contribution in [1.82, 2.24) is 19.9 Å². The first-order chi connectivity index (χ1) is 20.5. The Morgan fingerprint density at radius 1 is 1.02 bits per heavy atom. The van der Waals surface area contributed by atoms with Crippen LogP contribution in [0.15, 0.2) is 60.8 Å². The predicted molar refractivity (Wildman–Crippen MR) is 160 cm³/mol. The fourth-order valence-electron chi connectivity index (χ4n) is 4.84. The van der Waals surface area contributed by atoms with E-state index < -0.39 is 21.9 Å². The molecule has 0 saturated heterocycles. The Bertz CT molecular complexity index is 1740. The minimum atomic E-state index is -4.27. The first kappa shape index (κ1) is 31.8. The van der Waals surface area contributed by atoms with Gasteiger partial charge in [-0.25, -0.2) is 8.78 Å². The van der Waals surface area contributed by atoms with Crippen LogP contribution < -0.4 is 14.9 Å². The van der Waals surface area contributed by atoms with E-state index in [1.807, 2.05) is 0 Å². The second-order valence-corrected chi connectivity index (χ2v) is 11.9. The van der Waals surface area contributed by atoms with Crippen molar-refractivity contribution >= 4 is 32.7 Å². The van der Waals surface area contributed by atoms with Crippen molar-refractivity contribution in [3.05, 3.63) is 100 Å². The second kappa shape index (κ2) is 13.4. The number of fused-ring (bicyclic) bond motifs is 1. The molecule has 1 aromatic heterocycles. The number of carbonyl (C=O) groups excluding carboxylic acids is 1. The standard InChI is InChI=1S/C30H33F2N5O5S/c1-33-30(39)24-14-22(32)12-9-20(24)17-36(2)43(40,41)37(3)28-23-6-5-13-35-27(23)29(38)26(18-42-4)25(28)16-34-15-19-7-10-21(31)11-8-19/h5-14,34,38H,15-18H2,1-4H3,(H,33,39). The highest BCUT2D eigenvalue weighted by Gasteiger charge is 2.31. The molecule has 4 rings (SSSR count). The number of hydrogen-bond donors (Lipinski definition) is 3.